The fourth-order valence-electron chi connectivity index (χ4n) is 2.84. The number of hydrogen-bond donors (Lipinski definition) is 2. The predicted octanol–water partition coefficient (Wildman–Crippen LogP) is 6.03. The molecule has 2 N–H and O–H groups in total. The van der Waals surface area contributed by atoms with Crippen molar-refractivity contribution in [2.24, 2.45) is 0 Å². The number of halogens is 2. The maximum Gasteiger partial charge on any atom is 0.337 e. The number of nitriles is 1. The molecule has 0 saturated carbocycles. The van der Waals surface area contributed by atoms with Gasteiger partial charge in [-0.15, -0.1) is 0 Å². The summed E-state index contributed by atoms with van der Waals surface area (Å²) in [7, 11) is 0. The van der Waals surface area contributed by atoms with E-state index in [4.69, 9.17) is 4.74 Å². The van der Waals surface area contributed by atoms with Gasteiger partial charge in [-0.2, -0.15) is 5.26 Å². The molecule has 6 nitrogen and oxygen atoms in total. The lowest BCUT2D eigenvalue weighted by atomic mass is 10.1. The van der Waals surface area contributed by atoms with Crippen molar-refractivity contribution in [1.29, 1.82) is 5.26 Å². The molecule has 160 valence electrons. The summed E-state index contributed by atoms with van der Waals surface area (Å²) in [6.45, 7) is 0.294. The van der Waals surface area contributed by atoms with Crippen LogP contribution in [0.4, 0.5) is 5.69 Å². The van der Waals surface area contributed by atoms with Crippen molar-refractivity contribution in [3.05, 3.63) is 97.9 Å². The van der Waals surface area contributed by atoms with E-state index in [1.54, 1.807) is 24.3 Å². The average Bonchev–Trinajstić information content (AvgIpc) is 2.77. The number of hydrogen-bond acceptors (Lipinski definition) is 4. The van der Waals surface area contributed by atoms with Crippen molar-refractivity contribution in [1.82, 2.24) is 0 Å². The smallest absolute Gasteiger partial charge is 0.337 e. The van der Waals surface area contributed by atoms with Gasteiger partial charge >= 0.3 is 5.97 Å². The van der Waals surface area contributed by atoms with Crippen LogP contribution in [-0.2, 0) is 11.4 Å². The van der Waals surface area contributed by atoms with Crippen molar-refractivity contribution < 1.29 is 19.4 Å². The molecule has 0 unspecified atom stereocenters. The van der Waals surface area contributed by atoms with E-state index in [9.17, 15) is 20.0 Å². The minimum Gasteiger partial charge on any atom is -0.487 e. The number of rotatable bonds is 7. The van der Waals surface area contributed by atoms with Crippen LogP contribution in [0.3, 0.4) is 0 Å². The van der Waals surface area contributed by atoms with E-state index < -0.39 is 11.9 Å². The van der Waals surface area contributed by atoms with Gasteiger partial charge in [0.15, 0.2) is 0 Å². The van der Waals surface area contributed by atoms with Gasteiger partial charge in [0.25, 0.3) is 5.91 Å². The predicted molar refractivity (Wildman–Crippen MR) is 128 cm³/mol. The Balaban J connectivity index is 1.92. The lowest BCUT2D eigenvalue weighted by molar-refractivity contribution is -0.112. The normalized spacial score (nSPS) is 10.8. The lowest BCUT2D eigenvalue weighted by Gasteiger charge is -2.13. The zero-order chi connectivity index (χ0) is 23.1. The number of carbonyl (C=O) groups excluding carboxylic acids is 1. The highest BCUT2D eigenvalue weighted by molar-refractivity contribution is 9.11. The molecular weight excluding hydrogens is 540 g/mol. The summed E-state index contributed by atoms with van der Waals surface area (Å²) in [5, 5.41) is 21.4. The van der Waals surface area contributed by atoms with Crippen LogP contribution in [0.1, 0.15) is 21.5 Å². The summed E-state index contributed by atoms with van der Waals surface area (Å²) in [4.78, 5) is 24.1. The molecule has 0 spiro atoms. The largest absolute Gasteiger partial charge is 0.487 e. The summed E-state index contributed by atoms with van der Waals surface area (Å²) in [5.74, 6) is -1.45. The number of carboxylic acid groups (broad SMARTS) is 1. The molecule has 0 saturated heterocycles. The number of amides is 1. The van der Waals surface area contributed by atoms with E-state index >= 15 is 0 Å². The molecule has 0 atom stereocenters. The molecule has 0 bridgehead atoms. The Bertz CT molecular complexity index is 1230. The Kier molecular flexibility index (Phi) is 7.82. The Morgan fingerprint density at radius 2 is 1.75 bits per heavy atom. The lowest BCUT2D eigenvalue weighted by Crippen LogP contribution is -2.16. The van der Waals surface area contributed by atoms with Crippen LogP contribution in [0, 0.1) is 11.3 Å². The van der Waals surface area contributed by atoms with Gasteiger partial charge in [-0.05, 0) is 51.8 Å². The van der Waals surface area contributed by atoms with Crippen LogP contribution in [0.5, 0.6) is 5.75 Å². The highest BCUT2D eigenvalue weighted by atomic mass is 79.9. The molecule has 0 aliphatic rings. The van der Waals surface area contributed by atoms with Crippen molar-refractivity contribution in [3.63, 3.8) is 0 Å². The number of anilines is 1. The molecule has 0 aliphatic carbocycles. The molecule has 1 amide bonds. The first-order valence-corrected chi connectivity index (χ1v) is 10.9. The molecule has 0 radical (unpaired) electrons. The maximum atomic E-state index is 12.7. The summed E-state index contributed by atoms with van der Waals surface area (Å²) >= 11 is 6.87. The number of nitrogens with one attached hydrogen (secondary N) is 1. The number of ether oxygens (including phenoxy) is 1. The average molecular weight is 556 g/mol. The molecule has 32 heavy (non-hydrogen) atoms. The van der Waals surface area contributed by atoms with E-state index in [2.05, 4.69) is 37.2 Å². The molecule has 8 heteroatoms. The van der Waals surface area contributed by atoms with Gasteiger partial charge in [-0.25, -0.2) is 4.79 Å². The van der Waals surface area contributed by atoms with Gasteiger partial charge in [0.1, 0.15) is 24.0 Å². The third-order valence-corrected chi connectivity index (χ3v) is 5.38. The zero-order valence-electron chi connectivity index (χ0n) is 16.5. The number of carboxylic acids is 1. The Labute approximate surface area is 201 Å². The molecule has 3 rings (SSSR count). The molecular formula is C24H16Br2N2O4. The first kappa shape index (κ1) is 23.3. The van der Waals surface area contributed by atoms with Gasteiger partial charge < -0.3 is 15.2 Å². The number of benzene rings is 3. The van der Waals surface area contributed by atoms with E-state index in [1.807, 2.05) is 36.4 Å². The Morgan fingerprint density at radius 1 is 1.06 bits per heavy atom. The van der Waals surface area contributed by atoms with Gasteiger partial charge in [0, 0.05) is 10.0 Å². The van der Waals surface area contributed by atoms with Crippen LogP contribution in [0.2, 0.25) is 0 Å². The minimum absolute atomic E-state index is 0.0739. The summed E-state index contributed by atoms with van der Waals surface area (Å²) in [6.07, 6.45) is 1.40. The van der Waals surface area contributed by atoms with E-state index in [-0.39, 0.29) is 16.8 Å². The molecule has 3 aromatic rings. The monoisotopic (exact) mass is 554 g/mol. The summed E-state index contributed by atoms with van der Waals surface area (Å²) < 4.78 is 7.33. The second-order valence-electron chi connectivity index (χ2n) is 6.55. The topological polar surface area (TPSA) is 99.4 Å². The third kappa shape index (κ3) is 5.84. The molecule has 3 aromatic carbocycles. The van der Waals surface area contributed by atoms with E-state index in [0.717, 1.165) is 10.0 Å². The summed E-state index contributed by atoms with van der Waals surface area (Å²) in [6, 6.07) is 20.9. The maximum absolute atomic E-state index is 12.7. The second kappa shape index (κ2) is 10.8. The number of para-hydroxylation sites is 1. The fraction of sp³-hybridized carbons (Fsp3) is 0.0417. The molecule has 0 aromatic heterocycles. The molecule has 0 heterocycles. The highest BCUT2D eigenvalue weighted by Crippen LogP contribution is 2.35. The minimum atomic E-state index is -1.18. The third-order valence-electron chi connectivity index (χ3n) is 4.33. The molecule has 0 fully saturated rings. The van der Waals surface area contributed by atoms with Gasteiger partial charge in [0.2, 0.25) is 0 Å². The molecule has 0 aliphatic heterocycles. The summed E-state index contributed by atoms with van der Waals surface area (Å²) in [5.41, 5.74) is 1.28. The first-order valence-electron chi connectivity index (χ1n) is 9.30. The zero-order valence-corrected chi connectivity index (χ0v) is 19.7. The van der Waals surface area contributed by atoms with Gasteiger partial charge in [0.05, 0.1) is 15.7 Å². The van der Waals surface area contributed by atoms with Gasteiger partial charge in [-0.3, -0.25) is 4.79 Å². The SMILES string of the molecule is N#C/C(=C\c1cc(Br)cc(Br)c1OCc1ccccc1)C(=O)Nc1ccccc1C(=O)O. The van der Waals surface area contributed by atoms with Crippen LogP contribution in [0.25, 0.3) is 6.08 Å². The van der Waals surface area contributed by atoms with Crippen molar-refractivity contribution >= 4 is 55.5 Å². The quantitative estimate of drug-likeness (QED) is 0.274. The van der Waals surface area contributed by atoms with Crippen molar-refractivity contribution in [3.8, 4) is 11.8 Å². The number of nitrogens with zero attached hydrogens (tertiary/aromatic N) is 1. The van der Waals surface area contributed by atoms with Gasteiger partial charge in [-0.1, -0.05) is 58.4 Å². The van der Waals surface area contributed by atoms with Crippen LogP contribution in [0.15, 0.2) is 81.2 Å². The second-order valence-corrected chi connectivity index (χ2v) is 8.32. The standard InChI is InChI=1S/C24H16Br2N2O4/c25-18-11-16(22(20(26)12-18)32-14-15-6-2-1-3-7-15)10-17(13-27)23(29)28-21-9-5-4-8-19(21)24(30)31/h1-12H,14H2,(H,28,29)(H,30,31)/b17-10+. The first-order chi connectivity index (χ1) is 15.4. The number of aromatic carboxylic acids is 1. The van der Waals surface area contributed by atoms with Crippen LogP contribution in [-0.4, -0.2) is 17.0 Å². The Morgan fingerprint density at radius 3 is 2.44 bits per heavy atom. The van der Waals surface area contributed by atoms with Crippen molar-refractivity contribution in [2.45, 2.75) is 6.61 Å². The van der Waals surface area contributed by atoms with E-state index in [1.165, 1.54) is 18.2 Å². The number of carbonyl (C=O) groups is 2. The fourth-order valence-corrected chi connectivity index (χ4v) is 4.21. The Hall–Kier alpha value is -3.41. The highest BCUT2D eigenvalue weighted by Gasteiger charge is 2.17. The van der Waals surface area contributed by atoms with E-state index in [0.29, 0.717) is 22.4 Å². The van der Waals surface area contributed by atoms with Crippen molar-refractivity contribution in [2.75, 3.05) is 5.32 Å². The van der Waals surface area contributed by atoms with Crippen LogP contribution >= 0.6 is 31.9 Å². The van der Waals surface area contributed by atoms with Crippen LogP contribution < -0.4 is 10.1 Å².